The normalized spacial score (nSPS) is 19.7. The van der Waals surface area contributed by atoms with E-state index >= 15 is 0 Å². The largest absolute Gasteiger partial charge is 0.497 e. The second-order valence-electron chi connectivity index (χ2n) is 12.6. The van der Waals surface area contributed by atoms with Crippen LogP contribution in [0, 0.1) is 11.8 Å². The summed E-state index contributed by atoms with van der Waals surface area (Å²) in [4.78, 5) is 26.7. The van der Waals surface area contributed by atoms with Crippen molar-refractivity contribution in [1.82, 2.24) is 15.8 Å². The van der Waals surface area contributed by atoms with Crippen LogP contribution in [0.1, 0.15) is 54.5 Å². The average Bonchev–Trinajstić information content (AvgIpc) is 3.14. The Kier molecular flexibility index (Phi) is 14.5. The fraction of sp³-hybridized carbons (Fsp3) is 0.459. The summed E-state index contributed by atoms with van der Waals surface area (Å²) >= 11 is 0. The van der Waals surface area contributed by atoms with Crippen LogP contribution in [-0.4, -0.2) is 98.7 Å². The van der Waals surface area contributed by atoms with Gasteiger partial charge >= 0.3 is 0 Å². The molecule has 1 aliphatic rings. The minimum atomic E-state index is -1.72. The first-order valence-corrected chi connectivity index (χ1v) is 16.7. The molecule has 266 valence electrons. The Labute approximate surface area is 287 Å². The van der Waals surface area contributed by atoms with Crippen molar-refractivity contribution in [3.8, 4) is 5.75 Å². The quantitative estimate of drug-likeness (QED) is 0.0810. The number of carbonyl (C=O) groups is 2. The van der Waals surface area contributed by atoms with Crippen LogP contribution in [0.3, 0.4) is 0 Å². The molecule has 8 atom stereocenters. The van der Waals surface area contributed by atoms with E-state index in [1.165, 1.54) is 5.01 Å². The highest BCUT2D eigenvalue weighted by molar-refractivity contribution is 5.89. The van der Waals surface area contributed by atoms with Crippen LogP contribution < -0.4 is 15.5 Å². The third-order valence-corrected chi connectivity index (χ3v) is 9.11. The SMILES string of the molecule is COc1ccc(C2C(CCC(O)c3ccccc3)C(=O)N2NC(=O)CCC(CNCC(O)C(O)C(O)C(O)CO)Cc2ccccc2)cc1. The standard InChI is InChI=1S/C37H49N3O9/c1-49-28-15-13-27(14-16-28)34-29(17-18-30(42)26-10-6-3-7-11-26)37(48)40(34)39-33(45)19-12-25(20-24-8-4-2-5-9-24)21-38-22-31(43)35(46)36(47)32(44)23-41/h2-11,13-16,25,29-32,34-36,38,41-44,46-47H,12,17-23H2,1H3,(H,39,45). The molecule has 0 spiro atoms. The Bertz CT molecular complexity index is 1430. The van der Waals surface area contributed by atoms with Gasteiger partial charge in [0, 0.05) is 13.0 Å². The van der Waals surface area contributed by atoms with E-state index in [0.29, 0.717) is 38.0 Å². The van der Waals surface area contributed by atoms with E-state index in [1.807, 2.05) is 72.8 Å². The number of ether oxygens (including phenoxy) is 1. The number of methoxy groups -OCH3 is 1. The Hall–Kier alpha value is -3.88. The van der Waals surface area contributed by atoms with E-state index in [4.69, 9.17) is 9.84 Å². The number of hydrogen-bond donors (Lipinski definition) is 8. The van der Waals surface area contributed by atoms with Crippen molar-refractivity contribution in [3.63, 3.8) is 0 Å². The molecule has 4 rings (SSSR count). The molecule has 8 unspecified atom stereocenters. The van der Waals surface area contributed by atoms with Gasteiger partial charge in [-0.1, -0.05) is 72.8 Å². The molecular formula is C37H49N3O9. The van der Waals surface area contributed by atoms with Gasteiger partial charge in [0.05, 0.1) is 37.9 Å². The summed E-state index contributed by atoms with van der Waals surface area (Å²) in [6, 6.07) is 25.9. The molecule has 1 saturated heterocycles. The molecule has 49 heavy (non-hydrogen) atoms. The van der Waals surface area contributed by atoms with Gasteiger partial charge in [-0.2, -0.15) is 0 Å². The maximum absolute atomic E-state index is 13.4. The average molecular weight is 680 g/mol. The maximum atomic E-state index is 13.4. The van der Waals surface area contributed by atoms with Gasteiger partial charge in [0.1, 0.15) is 24.1 Å². The van der Waals surface area contributed by atoms with Crippen molar-refractivity contribution in [1.29, 1.82) is 0 Å². The van der Waals surface area contributed by atoms with Crippen LogP contribution in [0.25, 0.3) is 0 Å². The van der Waals surface area contributed by atoms with Crippen LogP contribution in [0.15, 0.2) is 84.9 Å². The molecule has 12 nitrogen and oxygen atoms in total. The lowest BCUT2D eigenvalue weighted by Gasteiger charge is -2.47. The fourth-order valence-corrected chi connectivity index (χ4v) is 6.18. The summed E-state index contributed by atoms with van der Waals surface area (Å²) in [5, 5.41) is 64.2. The Morgan fingerprint density at radius 3 is 2.10 bits per heavy atom. The van der Waals surface area contributed by atoms with E-state index in [0.717, 1.165) is 16.7 Å². The van der Waals surface area contributed by atoms with Gasteiger partial charge in [-0.3, -0.25) is 15.0 Å². The van der Waals surface area contributed by atoms with Gasteiger partial charge in [-0.25, -0.2) is 5.01 Å². The number of nitrogens with one attached hydrogen (secondary N) is 2. The summed E-state index contributed by atoms with van der Waals surface area (Å²) in [5.41, 5.74) is 5.48. The minimum Gasteiger partial charge on any atom is -0.497 e. The molecule has 0 aliphatic carbocycles. The molecule has 0 radical (unpaired) electrons. The lowest BCUT2D eigenvalue weighted by Crippen LogP contribution is -2.62. The predicted octanol–water partition coefficient (Wildman–Crippen LogP) is 1.40. The fourth-order valence-electron chi connectivity index (χ4n) is 6.18. The molecule has 0 aromatic heterocycles. The van der Waals surface area contributed by atoms with Crippen LogP contribution in [0.5, 0.6) is 5.75 Å². The number of aliphatic hydroxyl groups excluding tert-OH is 6. The van der Waals surface area contributed by atoms with Gasteiger partial charge in [0.15, 0.2) is 0 Å². The second kappa shape index (κ2) is 18.8. The van der Waals surface area contributed by atoms with E-state index in [9.17, 15) is 35.1 Å². The van der Waals surface area contributed by atoms with Crippen LogP contribution in [0.4, 0.5) is 0 Å². The highest BCUT2D eigenvalue weighted by atomic mass is 16.5. The highest BCUT2D eigenvalue weighted by Gasteiger charge is 2.49. The Morgan fingerprint density at radius 1 is 0.837 bits per heavy atom. The monoisotopic (exact) mass is 679 g/mol. The van der Waals surface area contributed by atoms with Crippen molar-refractivity contribution >= 4 is 11.8 Å². The van der Waals surface area contributed by atoms with E-state index in [1.54, 1.807) is 19.2 Å². The summed E-state index contributed by atoms with van der Waals surface area (Å²) < 4.78 is 5.30. The first-order chi connectivity index (χ1) is 23.6. The number of benzene rings is 3. The first-order valence-electron chi connectivity index (χ1n) is 16.7. The summed E-state index contributed by atoms with van der Waals surface area (Å²) in [6.07, 6.45) is -5.12. The van der Waals surface area contributed by atoms with E-state index in [2.05, 4.69) is 10.7 Å². The molecule has 1 fully saturated rings. The topological polar surface area (TPSA) is 192 Å². The predicted molar refractivity (Wildman–Crippen MR) is 182 cm³/mol. The molecule has 3 aromatic rings. The zero-order valence-electron chi connectivity index (χ0n) is 27.7. The molecule has 1 aliphatic heterocycles. The number of amides is 2. The maximum Gasteiger partial charge on any atom is 0.247 e. The smallest absolute Gasteiger partial charge is 0.247 e. The molecular weight excluding hydrogens is 630 g/mol. The Morgan fingerprint density at radius 2 is 1.47 bits per heavy atom. The number of hydrazine groups is 1. The van der Waals surface area contributed by atoms with Crippen molar-refractivity contribution in [3.05, 3.63) is 102 Å². The molecule has 3 aromatic carbocycles. The molecule has 2 amide bonds. The summed E-state index contributed by atoms with van der Waals surface area (Å²) in [6.45, 7) is -0.491. The Balaban J connectivity index is 1.37. The van der Waals surface area contributed by atoms with Crippen molar-refractivity contribution < 1.29 is 45.0 Å². The lowest BCUT2D eigenvalue weighted by molar-refractivity contribution is -0.168. The molecule has 0 saturated carbocycles. The van der Waals surface area contributed by atoms with Crippen molar-refractivity contribution in [2.24, 2.45) is 11.8 Å². The first kappa shape index (κ1) is 37.9. The van der Waals surface area contributed by atoms with Gasteiger partial charge in [-0.05, 0) is 67.0 Å². The van der Waals surface area contributed by atoms with Crippen molar-refractivity contribution in [2.75, 3.05) is 26.8 Å². The molecule has 0 bridgehead atoms. The number of rotatable bonds is 20. The lowest BCUT2D eigenvalue weighted by atomic mass is 9.80. The van der Waals surface area contributed by atoms with Gasteiger partial charge < -0.3 is 40.7 Å². The summed E-state index contributed by atoms with van der Waals surface area (Å²) in [7, 11) is 1.57. The number of aliphatic hydroxyl groups is 6. The van der Waals surface area contributed by atoms with Gasteiger partial charge in [0.25, 0.3) is 0 Å². The minimum absolute atomic E-state index is 0.0675. The third kappa shape index (κ3) is 10.6. The molecule has 1 heterocycles. The zero-order valence-corrected chi connectivity index (χ0v) is 27.7. The van der Waals surface area contributed by atoms with Crippen LogP contribution >= 0.6 is 0 Å². The number of β-lactam (4-membered cyclic amide) rings is 1. The van der Waals surface area contributed by atoms with Crippen LogP contribution in [-0.2, 0) is 16.0 Å². The summed E-state index contributed by atoms with van der Waals surface area (Å²) in [5.74, 6) is -0.384. The molecule has 8 N–H and O–H groups in total. The number of nitrogens with zero attached hydrogens (tertiary/aromatic N) is 1. The number of hydrogen-bond acceptors (Lipinski definition) is 10. The van der Waals surface area contributed by atoms with Gasteiger partial charge in [0.2, 0.25) is 11.8 Å². The van der Waals surface area contributed by atoms with E-state index < -0.39 is 49.1 Å². The van der Waals surface area contributed by atoms with Crippen molar-refractivity contribution in [2.45, 2.75) is 68.7 Å². The number of carbonyl (C=O) groups excluding carboxylic acids is 2. The highest BCUT2D eigenvalue weighted by Crippen LogP contribution is 2.42. The molecule has 12 heteroatoms. The third-order valence-electron chi connectivity index (χ3n) is 9.11. The zero-order chi connectivity index (χ0) is 35.3. The van der Waals surface area contributed by atoms with Crippen LogP contribution in [0.2, 0.25) is 0 Å². The van der Waals surface area contributed by atoms with E-state index in [-0.39, 0.29) is 30.7 Å². The second-order valence-corrected chi connectivity index (χ2v) is 12.6. The van der Waals surface area contributed by atoms with Gasteiger partial charge in [-0.15, -0.1) is 0 Å².